The molecule has 1 saturated heterocycles. The summed E-state index contributed by atoms with van der Waals surface area (Å²) >= 11 is 1.84. The molecule has 3 rings (SSSR count). The highest BCUT2D eigenvalue weighted by molar-refractivity contribution is 7.99. The summed E-state index contributed by atoms with van der Waals surface area (Å²) < 4.78 is 0. The number of nitrogens with one attached hydrogen (secondary N) is 1. The first-order valence-electron chi connectivity index (χ1n) is 6.85. The molecule has 2 nitrogen and oxygen atoms in total. The lowest BCUT2D eigenvalue weighted by atomic mass is 10.00. The number of thioether (sulfide) groups is 1. The van der Waals surface area contributed by atoms with Crippen LogP contribution in [0.1, 0.15) is 10.4 Å². The monoisotopic (exact) mass is 283 g/mol. The predicted octanol–water partition coefficient (Wildman–Crippen LogP) is 3.24. The van der Waals surface area contributed by atoms with Crippen LogP contribution in [0.5, 0.6) is 0 Å². The minimum atomic E-state index is -0.0312. The van der Waals surface area contributed by atoms with E-state index < -0.39 is 0 Å². The molecule has 1 aliphatic rings. The van der Waals surface area contributed by atoms with E-state index in [2.05, 4.69) is 17.4 Å². The van der Waals surface area contributed by atoms with E-state index in [0.29, 0.717) is 0 Å². The molecule has 0 aromatic heterocycles. The van der Waals surface area contributed by atoms with Crippen molar-refractivity contribution in [1.82, 2.24) is 5.32 Å². The molecule has 0 bridgehead atoms. The van der Waals surface area contributed by atoms with E-state index in [-0.39, 0.29) is 11.8 Å². The van der Waals surface area contributed by atoms with Crippen LogP contribution in [0, 0.1) is 0 Å². The van der Waals surface area contributed by atoms with Gasteiger partial charge >= 0.3 is 0 Å². The van der Waals surface area contributed by atoms with Crippen molar-refractivity contribution in [2.24, 2.45) is 0 Å². The molecule has 1 heterocycles. The Hall–Kier alpha value is -1.58. The second-order valence-electron chi connectivity index (χ2n) is 4.89. The molecule has 0 spiro atoms. The minimum absolute atomic E-state index is 0.0312. The first-order valence-corrected chi connectivity index (χ1v) is 8.01. The highest BCUT2D eigenvalue weighted by Gasteiger charge is 2.21. The standard InChI is InChI=1S/C17H17NOS/c19-17(16-12-20-11-10-18-16)15-8-6-14(7-9-15)13-4-2-1-3-5-13/h1-9,16,18H,10-12H2. The van der Waals surface area contributed by atoms with Crippen LogP contribution in [0.15, 0.2) is 54.6 Å². The van der Waals surface area contributed by atoms with Gasteiger partial charge in [0.05, 0.1) is 6.04 Å². The van der Waals surface area contributed by atoms with Gasteiger partial charge in [0, 0.05) is 23.6 Å². The van der Waals surface area contributed by atoms with Crippen LogP contribution in [0.3, 0.4) is 0 Å². The second kappa shape index (κ2) is 6.25. The Morgan fingerprint density at radius 2 is 1.70 bits per heavy atom. The molecule has 0 saturated carbocycles. The molecule has 0 radical (unpaired) electrons. The van der Waals surface area contributed by atoms with Gasteiger partial charge < -0.3 is 5.32 Å². The first-order chi connectivity index (χ1) is 9.84. The van der Waals surface area contributed by atoms with Gasteiger partial charge in [-0.2, -0.15) is 11.8 Å². The third-order valence-electron chi connectivity index (χ3n) is 3.51. The molecule has 0 aliphatic carbocycles. The largest absolute Gasteiger partial charge is 0.306 e. The van der Waals surface area contributed by atoms with Gasteiger partial charge in [-0.15, -0.1) is 0 Å². The van der Waals surface area contributed by atoms with E-state index in [0.717, 1.165) is 29.2 Å². The van der Waals surface area contributed by atoms with Crippen LogP contribution in [0.4, 0.5) is 0 Å². The summed E-state index contributed by atoms with van der Waals surface area (Å²) in [6.07, 6.45) is 0. The SMILES string of the molecule is O=C(c1ccc(-c2ccccc2)cc1)C1CSCCN1. The van der Waals surface area contributed by atoms with Crippen molar-refractivity contribution in [2.45, 2.75) is 6.04 Å². The molecule has 3 heteroatoms. The fraction of sp³-hybridized carbons (Fsp3) is 0.235. The molecule has 2 aromatic carbocycles. The molecule has 102 valence electrons. The van der Waals surface area contributed by atoms with Gasteiger partial charge in [0.25, 0.3) is 0 Å². The van der Waals surface area contributed by atoms with E-state index >= 15 is 0 Å². The van der Waals surface area contributed by atoms with E-state index in [9.17, 15) is 4.79 Å². The van der Waals surface area contributed by atoms with Crippen LogP contribution in [0.2, 0.25) is 0 Å². The molecule has 2 aromatic rings. The van der Waals surface area contributed by atoms with Gasteiger partial charge in [0.15, 0.2) is 5.78 Å². The van der Waals surface area contributed by atoms with Gasteiger partial charge in [0.1, 0.15) is 0 Å². The van der Waals surface area contributed by atoms with Gasteiger partial charge in [-0.3, -0.25) is 4.79 Å². The smallest absolute Gasteiger partial charge is 0.180 e. The summed E-state index contributed by atoms with van der Waals surface area (Å²) in [6.45, 7) is 0.920. The van der Waals surface area contributed by atoms with Crippen molar-refractivity contribution in [3.05, 3.63) is 60.2 Å². The van der Waals surface area contributed by atoms with Crippen LogP contribution >= 0.6 is 11.8 Å². The lowest BCUT2D eigenvalue weighted by molar-refractivity contribution is 0.0953. The van der Waals surface area contributed by atoms with Gasteiger partial charge in [-0.25, -0.2) is 0 Å². The molecule has 1 aliphatic heterocycles. The third-order valence-corrected chi connectivity index (χ3v) is 4.58. The van der Waals surface area contributed by atoms with E-state index in [1.54, 1.807) is 0 Å². The zero-order chi connectivity index (χ0) is 13.8. The van der Waals surface area contributed by atoms with Crippen molar-refractivity contribution in [1.29, 1.82) is 0 Å². The number of hydrogen-bond donors (Lipinski definition) is 1. The summed E-state index contributed by atoms with van der Waals surface area (Å²) in [7, 11) is 0. The highest BCUT2D eigenvalue weighted by Crippen LogP contribution is 2.20. The summed E-state index contributed by atoms with van der Waals surface area (Å²) in [6, 6.07) is 18.1. The molecule has 1 unspecified atom stereocenters. The molecule has 1 atom stereocenters. The van der Waals surface area contributed by atoms with E-state index in [4.69, 9.17) is 0 Å². The number of carbonyl (C=O) groups excluding carboxylic acids is 1. The van der Waals surface area contributed by atoms with Crippen molar-refractivity contribution < 1.29 is 4.79 Å². The minimum Gasteiger partial charge on any atom is -0.306 e. The maximum absolute atomic E-state index is 12.4. The number of ketones is 1. The maximum atomic E-state index is 12.4. The van der Waals surface area contributed by atoms with Crippen LogP contribution in [-0.2, 0) is 0 Å². The van der Waals surface area contributed by atoms with Crippen molar-refractivity contribution in [3.63, 3.8) is 0 Å². The fourth-order valence-electron chi connectivity index (χ4n) is 2.39. The highest BCUT2D eigenvalue weighted by atomic mass is 32.2. The van der Waals surface area contributed by atoms with E-state index in [1.165, 1.54) is 5.56 Å². The zero-order valence-corrected chi connectivity index (χ0v) is 12.0. The summed E-state index contributed by atoms with van der Waals surface area (Å²) in [5.41, 5.74) is 3.12. The summed E-state index contributed by atoms with van der Waals surface area (Å²) in [5, 5.41) is 3.29. The van der Waals surface area contributed by atoms with Crippen LogP contribution < -0.4 is 5.32 Å². The Balaban J connectivity index is 1.77. The molecule has 1 fully saturated rings. The fourth-order valence-corrected chi connectivity index (χ4v) is 3.33. The Bertz CT molecular complexity index is 574. The lowest BCUT2D eigenvalue weighted by Gasteiger charge is -2.21. The topological polar surface area (TPSA) is 29.1 Å². The molecular weight excluding hydrogens is 266 g/mol. The van der Waals surface area contributed by atoms with Crippen LogP contribution in [0.25, 0.3) is 11.1 Å². The van der Waals surface area contributed by atoms with E-state index in [1.807, 2.05) is 54.2 Å². The number of benzene rings is 2. The first kappa shape index (κ1) is 13.4. The van der Waals surface area contributed by atoms with Crippen molar-refractivity contribution in [3.8, 4) is 11.1 Å². The molecular formula is C17H17NOS. The second-order valence-corrected chi connectivity index (χ2v) is 6.04. The zero-order valence-electron chi connectivity index (χ0n) is 11.2. The normalized spacial score (nSPS) is 18.7. The average Bonchev–Trinajstić information content (AvgIpc) is 2.56. The van der Waals surface area contributed by atoms with Crippen LogP contribution in [-0.4, -0.2) is 29.9 Å². The number of rotatable bonds is 3. The quantitative estimate of drug-likeness (QED) is 0.877. The number of carbonyl (C=O) groups is 1. The Kier molecular flexibility index (Phi) is 4.19. The maximum Gasteiger partial charge on any atom is 0.180 e. The van der Waals surface area contributed by atoms with Crippen molar-refractivity contribution >= 4 is 17.5 Å². The van der Waals surface area contributed by atoms with Gasteiger partial charge in [-0.1, -0.05) is 54.6 Å². The third kappa shape index (κ3) is 2.94. The Morgan fingerprint density at radius 3 is 2.35 bits per heavy atom. The average molecular weight is 283 g/mol. The number of hydrogen-bond acceptors (Lipinski definition) is 3. The number of Topliss-reactive ketones (excluding diaryl/α,β-unsaturated/α-hetero) is 1. The molecule has 20 heavy (non-hydrogen) atoms. The Labute approximate surface area is 123 Å². The Morgan fingerprint density at radius 1 is 1.00 bits per heavy atom. The van der Waals surface area contributed by atoms with Crippen molar-refractivity contribution in [2.75, 3.05) is 18.1 Å². The summed E-state index contributed by atoms with van der Waals surface area (Å²) in [5.74, 6) is 2.17. The lowest BCUT2D eigenvalue weighted by Crippen LogP contribution is -2.43. The molecule has 0 amide bonds. The van der Waals surface area contributed by atoms with Gasteiger partial charge in [0.2, 0.25) is 0 Å². The van der Waals surface area contributed by atoms with Gasteiger partial charge in [-0.05, 0) is 11.1 Å². The predicted molar refractivity (Wildman–Crippen MR) is 85.3 cm³/mol. The summed E-state index contributed by atoms with van der Waals surface area (Å²) in [4.78, 5) is 12.4. The molecule has 1 N–H and O–H groups in total.